The highest BCUT2D eigenvalue weighted by Gasteiger charge is 2.55. The Morgan fingerprint density at radius 1 is 1.16 bits per heavy atom. The molecule has 0 radical (unpaired) electrons. The first kappa shape index (κ1) is 22.3. The van der Waals surface area contributed by atoms with Gasteiger partial charge in [0.1, 0.15) is 17.1 Å². The molecular weight excluding hydrogens is 392 g/mol. The summed E-state index contributed by atoms with van der Waals surface area (Å²) < 4.78 is 5.73. The maximum atomic E-state index is 13.6. The van der Waals surface area contributed by atoms with Gasteiger partial charge >= 0.3 is 6.03 Å². The number of piperidine rings is 1. The fourth-order valence-electron chi connectivity index (χ4n) is 5.89. The molecule has 31 heavy (non-hydrogen) atoms. The Hall–Kier alpha value is -1.86. The zero-order valence-electron chi connectivity index (χ0n) is 19.4. The van der Waals surface area contributed by atoms with Gasteiger partial charge in [-0.2, -0.15) is 0 Å². The molecule has 172 valence electrons. The van der Waals surface area contributed by atoms with E-state index in [1.807, 2.05) is 19.1 Å². The van der Waals surface area contributed by atoms with Crippen molar-refractivity contribution >= 4 is 11.9 Å². The number of carbonyl (C=O) groups excluding carboxylic acids is 2. The van der Waals surface area contributed by atoms with E-state index in [2.05, 4.69) is 29.1 Å². The Morgan fingerprint density at radius 2 is 1.94 bits per heavy atom. The van der Waals surface area contributed by atoms with Gasteiger partial charge in [0.15, 0.2) is 0 Å². The Labute approximate surface area is 186 Å². The highest BCUT2D eigenvalue weighted by molar-refractivity contribution is 6.07. The smallest absolute Gasteiger partial charge is 0.325 e. The van der Waals surface area contributed by atoms with Crippen molar-refractivity contribution in [2.45, 2.75) is 76.9 Å². The summed E-state index contributed by atoms with van der Waals surface area (Å²) >= 11 is 0. The van der Waals surface area contributed by atoms with Crippen LogP contribution >= 0.6 is 0 Å². The number of imide groups is 1. The topological polar surface area (TPSA) is 69.0 Å². The van der Waals surface area contributed by atoms with Crippen molar-refractivity contribution in [2.75, 3.05) is 33.2 Å². The number of urea groups is 1. The van der Waals surface area contributed by atoms with E-state index < -0.39 is 5.54 Å². The summed E-state index contributed by atoms with van der Waals surface area (Å²) in [6.45, 7) is 8.36. The van der Waals surface area contributed by atoms with Crippen LogP contribution in [0.3, 0.4) is 0 Å². The summed E-state index contributed by atoms with van der Waals surface area (Å²) in [7, 11) is 2.14. The number of nitrogens with zero attached hydrogens (tertiary/aromatic N) is 3. The number of carbonyl (C=O) groups is 2. The monoisotopic (exact) mass is 430 g/mol. The molecular formula is C24H38N4O3. The van der Waals surface area contributed by atoms with E-state index in [9.17, 15) is 9.59 Å². The standard InChI is InChI=1S/C24H38N4O3/c1-4-12-24(19-9-14-27(15-10-19)17-21-8-7-18(2)31-21)22(29)28(23(30)25-24)16-11-20-6-5-13-26(20)3/h7-8,19-20H,4-6,9-17H2,1-3H3,(H,25,30)/t20-,24+/m1/s1. The predicted molar refractivity (Wildman–Crippen MR) is 120 cm³/mol. The van der Waals surface area contributed by atoms with Crippen LogP contribution in [0.1, 0.15) is 63.4 Å². The summed E-state index contributed by atoms with van der Waals surface area (Å²) in [6, 6.07) is 4.34. The van der Waals surface area contributed by atoms with Crippen LogP contribution in [0.25, 0.3) is 0 Å². The molecule has 7 heteroatoms. The summed E-state index contributed by atoms with van der Waals surface area (Å²) in [5.74, 6) is 2.14. The van der Waals surface area contributed by atoms with Crippen LogP contribution in [0.4, 0.5) is 4.79 Å². The summed E-state index contributed by atoms with van der Waals surface area (Å²) in [5.41, 5.74) is -0.721. The minimum atomic E-state index is -0.721. The lowest BCUT2D eigenvalue weighted by Crippen LogP contribution is -2.56. The molecule has 1 aromatic heterocycles. The number of hydrogen-bond acceptors (Lipinski definition) is 5. The van der Waals surface area contributed by atoms with Gasteiger partial charge in [-0.1, -0.05) is 13.3 Å². The molecule has 4 heterocycles. The van der Waals surface area contributed by atoms with E-state index in [0.29, 0.717) is 12.6 Å². The van der Waals surface area contributed by atoms with Crippen molar-refractivity contribution in [1.82, 2.24) is 20.0 Å². The van der Waals surface area contributed by atoms with Crippen molar-refractivity contribution in [1.29, 1.82) is 0 Å². The van der Waals surface area contributed by atoms with E-state index >= 15 is 0 Å². The number of nitrogens with one attached hydrogen (secondary N) is 1. The van der Waals surface area contributed by atoms with Crippen molar-refractivity contribution in [3.63, 3.8) is 0 Å². The predicted octanol–water partition coefficient (Wildman–Crippen LogP) is 3.38. The number of likely N-dealkylation sites (tertiary alicyclic amines) is 2. The van der Waals surface area contributed by atoms with Gasteiger partial charge in [0.25, 0.3) is 5.91 Å². The molecule has 0 aromatic carbocycles. The molecule has 0 saturated carbocycles. The van der Waals surface area contributed by atoms with Gasteiger partial charge in [-0.05, 0) is 90.2 Å². The first-order chi connectivity index (χ1) is 14.9. The molecule has 4 rings (SSSR count). The van der Waals surface area contributed by atoms with Crippen LogP contribution < -0.4 is 5.32 Å². The quantitative estimate of drug-likeness (QED) is 0.641. The molecule has 0 aliphatic carbocycles. The average molecular weight is 431 g/mol. The van der Waals surface area contributed by atoms with Crippen LogP contribution in [0.15, 0.2) is 16.5 Å². The molecule has 1 aromatic rings. The molecule has 0 bridgehead atoms. The van der Waals surface area contributed by atoms with Gasteiger partial charge in [0.2, 0.25) is 0 Å². The molecule has 3 saturated heterocycles. The number of furan rings is 1. The Kier molecular flexibility index (Phi) is 6.72. The minimum Gasteiger partial charge on any atom is -0.465 e. The maximum absolute atomic E-state index is 13.6. The maximum Gasteiger partial charge on any atom is 0.325 e. The minimum absolute atomic E-state index is 0.0140. The number of amides is 3. The van der Waals surface area contributed by atoms with Gasteiger partial charge in [0.05, 0.1) is 6.54 Å². The summed E-state index contributed by atoms with van der Waals surface area (Å²) in [5, 5.41) is 3.18. The zero-order chi connectivity index (χ0) is 22.0. The van der Waals surface area contributed by atoms with Crippen molar-refractivity contribution in [3.05, 3.63) is 23.7 Å². The molecule has 3 aliphatic heterocycles. The Balaban J connectivity index is 1.38. The fourth-order valence-corrected chi connectivity index (χ4v) is 5.89. The highest BCUT2D eigenvalue weighted by atomic mass is 16.3. The largest absolute Gasteiger partial charge is 0.465 e. The van der Waals surface area contributed by atoms with Crippen LogP contribution in [0.5, 0.6) is 0 Å². The molecule has 3 aliphatic rings. The van der Waals surface area contributed by atoms with Gasteiger partial charge < -0.3 is 14.6 Å². The van der Waals surface area contributed by atoms with Crippen LogP contribution in [0, 0.1) is 12.8 Å². The van der Waals surface area contributed by atoms with E-state index in [-0.39, 0.29) is 17.9 Å². The third-order valence-corrected chi connectivity index (χ3v) is 7.66. The normalized spacial score (nSPS) is 28.6. The van der Waals surface area contributed by atoms with E-state index in [1.54, 1.807) is 0 Å². The molecule has 1 N–H and O–H groups in total. The average Bonchev–Trinajstić information content (AvgIpc) is 3.41. The number of aryl methyl sites for hydroxylation is 1. The lowest BCUT2D eigenvalue weighted by atomic mass is 9.74. The van der Waals surface area contributed by atoms with Gasteiger partial charge in [-0.25, -0.2) is 4.79 Å². The molecule has 2 atom stereocenters. The zero-order valence-corrected chi connectivity index (χ0v) is 19.4. The number of hydrogen-bond donors (Lipinski definition) is 1. The fraction of sp³-hybridized carbons (Fsp3) is 0.750. The van der Waals surface area contributed by atoms with Gasteiger partial charge in [-0.3, -0.25) is 14.6 Å². The van der Waals surface area contributed by atoms with Crippen LogP contribution in [-0.4, -0.2) is 71.4 Å². The molecule has 3 fully saturated rings. The molecule has 7 nitrogen and oxygen atoms in total. The Bertz CT molecular complexity index is 786. The van der Waals surface area contributed by atoms with Crippen molar-refractivity contribution < 1.29 is 14.0 Å². The third kappa shape index (κ3) is 4.53. The van der Waals surface area contributed by atoms with Gasteiger partial charge in [-0.15, -0.1) is 0 Å². The Morgan fingerprint density at radius 3 is 2.55 bits per heavy atom. The molecule has 0 unspecified atom stereocenters. The van der Waals surface area contributed by atoms with Crippen molar-refractivity contribution in [2.24, 2.45) is 5.92 Å². The van der Waals surface area contributed by atoms with Crippen molar-refractivity contribution in [3.8, 4) is 0 Å². The summed E-state index contributed by atoms with van der Waals surface area (Å²) in [6.07, 6.45) is 6.69. The van der Waals surface area contributed by atoms with Crippen LogP contribution in [0.2, 0.25) is 0 Å². The second-order valence-electron chi connectivity index (χ2n) is 9.74. The lowest BCUT2D eigenvalue weighted by Gasteiger charge is -2.40. The second kappa shape index (κ2) is 9.33. The van der Waals surface area contributed by atoms with Gasteiger partial charge in [0, 0.05) is 12.6 Å². The first-order valence-electron chi connectivity index (χ1n) is 12.0. The van der Waals surface area contributed by atoms with E-state index in [0.717, 1.165) is 76.2 Å². The number of rotatable bonds is 8. The third-order valence-electron chi connectivity index (χ3n) is 7.66. The highest BCUT2D eigenvalue weighted by Crippen LogP contribution is 2.37. The van der Waals surface area contributed by atoms with Crippen LogP contribution in [-0.2, 0) is 11.3 Å². The molecule has 3 amide bonds. The first-order valence-corrected chi connectivity index (χ1v) is 12.0. The second-order valence-corrected chi connectivity index (χ2v) is 9.74. The SMILES string of the molecule is CCC[C@@]1(C2CCN(Cc3ccc(C)o3)CC2)NC(=O)N(CC[C@H]2CCCN2C)C1=O. The lowest BCUT2D eigenvalue weighted by molar-refractivity contribution is -0.134. The van der Waals surface area contributed by atoms with E-state index in [4.69, 9.17) is 4.42 Å². The summed E-state index contributed by atoms with van der Waals surface area (Å²) in [4.78, 5) is 32.7. The molecule has 0 spiro atoms. The van der Waals surface area contributed by atoms with E-state index in [1.165, 1.54) is 11.3 Å².